The molecule has 17 heteroatoms. The fourth-order valence-corrected chi connectivity index (χ4v) is 6.14. The molecule has 3 saturated heterocycles. The fourth-order valence-electron chi connectivity index (χ4n) is 6.14. The quantitative estimate of drug-likeness (QED) is 0.0978. The number of hydrogen-bond acceptors (Lipinski definition) is 17. The van der Waals surface area contributed by atoms with E-state index < -0.39 is 123 Å². The summed E-state index contributed by atoms with van der Waals surface area (Å²) in [6.45, 7) is 5.14. The van der Waals surface area contributed by atoms with Crippen LogP contribution in [0.2, 0.25) is 0 Å². The van der Waals surface area contributed by atoms with E-state index in [1.165, 1.54) is 18.2 Å². The van der Waals surface area contributed by atoms with Gasteiger partial charge in [0, 0.05) is 11.8 Å². The second-order valence-corrected chi connectivity index (χ2v) is 13.2. The van der Waals surface area contributed by atoms with E-state index >= 15 is 0 Å². The smallest absolute Gasteiger partial charge is 0.187 e. The molecule has 0 saturated carbocycles. The van der Waals surface area contributed by atoms with Crippen molar-refractivity contribution in [3.05, 3.63) is 23.8 Å². The Balaban J connectivity index is 1.33. The first-order valence-corrected chi connectivity index (χ1v) is 15.5. The summed E-state index contributed by atoms with van der Waals surface area (Å²) in [5, 5.41) is 104. The standard InChI is InChI=1S/C30H48O17/c1-12-7-14(32)8-29(3,4)30(12,41)6-5-13(2)44-27-24(39)22(37)19(34)16(46-27)10-42-26-23(38)20(35)17(11-43-26)47-28-25(40)21(36)18(33)15(9-31)45-28/h5-7,13,15-28,31,33-41H,8-11H2,1-4H3/b6-5+. The summed E-state index contributed by atoms with van der Waals surface area (Å²) in [7, 11) is 0. The van der Waals surface area contributed by atoms with Crippen molar-refractivity contribution >= 4 is 5.78 Å². The van der Waals surface area contributed by atoms with Crippen LogP contribution in [0.3, 0.4) is 0 Å². The molecule has 1 aliphatic carbocycles. The molecule has 4 rings (SSSR count). The third-order valence-electron chi connectivity index (χ3n) is 9.27. The maximum atomic E-state index is 12.0. The van der Waals surface area contributed by atoms with Crippen LogP contribution in [0.15, 0.2) is 23.8 Å². The van der Waals surface area contributed by atoms with Crippen molar-refractivity contribution in [3.8, 4) is 0 Å². The van der Waals surface area contributed by atoms with Gasteiger partial charge in [-0.1, -0.05) is 19.9 Å². The Labute approximate surface area is 271 Å². The number of carbonyl (C=O) groups is 1. The maximum absolute atomic E-state index is 12.0. The van der Waals surface area contributed by atoms with Gasteiger partial charge in [0.25, 0.3) is 0 Å². The van der Waals surface area contributed by atoms with Gasteiger partial charge in [-0.2, -0.15) is 0 Å². The molecule has 3 fully saturated rings. The molecule has 10 N–H and O–H groups in total. The Hall–Kier alpha value is -1.49. The lowest BCUT2D eigenvalue weighted by Crippen LogP contribution is -2.62. The minimum Gasteiger partial charge on any atom is -0.394 e. The largest absolute Gasteiger partial charge is 0.394 e. The number of rotatable bonds is 10. The Bertz CT molecular complexity index is 1130. The molecule has 0 radical (unpaired) electrons. The molecular weight excluding hydrogens is 632 g/mol. The molecule has 16 unspecified atom stereocenters. The Kier molecular flexibility index (Phi) is 12.4. The van der Waals surface area contributed by atoms with Crippen molar-refractivity contribution in [2.45, 2.75) is 132 Å². The highest BCUT2D eigenvalue weighted by molar-refractivity contribution is 5.92. The molecule has 4 aliphatic rings. The highest BCUT2D eigenvalue weighted by atomic mass is 16.7. The molecule has 3 aliphatic heterocycles. The molecule has 0 spiro atoms. The van der Waals surface area contributed by atoms with E-state index in [9.17, 15) is 55.9 Å². The number of hydrogen-bond donors (Lipinski definition) is 10. The van der Waals surface area contributed by atoms with Gasteiger partial charge in [0.05, 0.1) is 25.9 Å². The topological polar surface area (TPSA) is 275 Å². The maximum Gasteiger partial charge on any atom is 0.187 e. The molecule has 0 bridgehead atoms. The van der Waals surface area contributed by atoms with Gasteiger partial charge in [-0.25, -0.2) is 0 Å². The van der Waals surface area contributed by atoms with E-state index in [0.29, 0.717) is 5.57 Å². The molecule has 3 heterocycles. The third kappa shape index (κ3) is 7.96. The average molecular weight is 681 g/mol. The van der Waals surface area contributed by atoms with Gasteiger partial charge in [0.1, 0.15) is 72.7 Å². The van der Waals surface area contributed by atoms with Crippen molar-refractivity contribution in [1.29, 1.82) is 0 Å². The van der Waals surface area contributed by atoms with Crippen molar-refractivity contribution in [2.75, 3.05) is 19.8 Å². The molecular formula is C30H48O17. The van der Waals surface area contributed by atoms with Crippen LogP contribution in [0.5, 0.6) is 0 Å². The monoisotopic (exact) mass is 680 g/mol. The Morgan fingerprint density at radius 2 is 1.45 bits per heavy atom. The van der Waals surface area contributed by atoms with Crippen LogP contribution in [0.4, 0.5) is 0 Å². The zero-order valence-corrected chi connectivity index (χ0v) is 26.6. The van der Waals surface area contributed by atoms with Gasteiger partial charge in [-0.15, -0.1) is 0 Å². The van der Waals surface area contributed by atoms with Crippen LogP contribution in [-0.4, -0.2) is 174 Å². The van der Waals surface area contributed by atoms with Gasteiger partial charge in [0.2, 0.25) is 0 Å². The highest BCUT2D eigenvalue weighted by Gasteiger charge is 2.50. The minimum atomic E-state index is -1.75. The molecule has 0 aromatic heterocycles. The van der Waals surface area contributed by atoms with Crippen LogP contribution in [0.25, 0.3) is 0 Å². The van der Waals surface area contributed by atoms with E-state index in [1.54, 1.807) is 27.7 Å². The van der Waals surface area contributed by atoms with Gasteiger partial charge in [-0.3, -0.25) is 4.79 Å². The number of carbonyl (C=O) groups excluding carboxylic acids is 1. The molecule has 47 heavy (non-hydrogen) atoms. The second-order valence-electron chi connectivity index (χ2n) is 13.2. The third-order valence-corrected chi connectivity index (χ3v) is 9.27. The van der Waals surface area contributed by atoms with Crippen molar-refractivity contribution in [2.24, 2.45) is 5.41 Å². The zero-order chi connectivity index (χ0) is 35.0. The Morgan fingerprint density at radius 1 is 0.872 bits per heavy atom. The average Bonchev–Trinajstić information content (AvgIpc) is 3.01. The molecule has 17 nitrogen and oxygen atoms in total. The predicted molar refractivity (Wildman–Crippen MR) is 155 cm³/mol. The van der Waals surface area contributed by atoms with Gasteiger partial charge in [-0.05, 0) is 31.6 Å². The number of ketones is 1. The van der Waals surface area contributed by atoms with Gasteiger partial charge in [0.15, 0.2) is 24.7 Å². The van der Waals surface area contributed by atoms with E-state index in [1.807, 2.05) is 0 Å². The summed E-state index contributed by atoms with van der Waals surface area (Å²) < 4.78 is 33.2. The van der Waals surface area contributed by atoms with Crippen LogP contribution < -0.4 is 0 Å². The number of aliphatic hydroxyl groups excluding tert-OH is 9. The first-order valence-electron chi connectivity index (χ1n) is 15.5. The van der Waals surface area contributed by atoms with Crippen LogP contribution in [0, 0.1) is 5.41 Å². The molecule has 16 atom stereocenters. The van der Waals surface area contributed by atoms with Crippen LogP contribution in [-0.2, 0) is 33.2 Å². The van der Waals surface area contributed by atoms with Crippen molar-refractivity contribution < 1.29 is 84.3 Å². The SMILES string of the molecule is CC1=CC(=O)CC(C)(C)C1(O)/C=C/C(C)OC1OC(COC2OCC(OC3OC(CO)C(O)C(O)C3O)C(O)C2O)C(O)C(O)C1O. The van der Waals surface area contributed by atoms with Gasteiger partial charge >= 0.3 is 0 Å². The van der Waals surface area contributed by atoms with Crippen molar-refractivity contribution in [3.63, 3.8) is 0 Å². The normalized spacial score (nSPS) is 46.8. The van der Waals surface area contributed by atoms with E-state index in [-0.39, 0.29) is 12.2 Å². The van der Waals surface area contributed by atoms with E-state index in [4.69, 9.17) is 28.4 Å². The number of aliphatic hydroxyl groups is 10. The lowest BCUT2D eigenvalue weighted by molar-refractivity contribution is -0.349. The van der Waals surface area contributed by atoms with Crippen molar-refractivity contribution in [1.82, 2.24) is 0 Å². The fraction of sp³-hybridized carbons (Fsp3) is 0.833. The lowest BCUT2D eigenvalue weighted by atomic mass is 9.64. The zero-order valence-electron chi connectivity index (χ0n) is 26.6. The highest BCUT2D eigenvalue weighted by Crippen LogP contribution is 2.44. The Morgan fingerprint density at radius 3 is 2.06 bits per heavy atom. The summed E-state index contributed by atoms with van der Waals surface area (Å²) in [6, 6.07) is 0. The van der Waals surface area contributed by atoms with E-state index in [0.717, 1.165) is 0 Å². The first kappa shape index (κ1) is 38.3. The number of ether oxygens (including phenoxy) is 6. The predicted octanol–water partition coefficient (Wildman–Crippen LogP) is -4.29. The minimum absolute atomic E-state index is 0.101. The van der Waals surface area contributed by atoms with Gasteiger partial charge < -0.3 is 79.5 Å². The lowest BCUT2D eigenvalue weighted by Gasteiger charge is -2.44. The van der Waals surface area contributed by atoms with E-state index in [2.05, 4.69) is 0 Å². The number of allylic oxidation sites excluding steroid dienone is 1. The summed E-state index contributed by atoms with van der Waals surface area (Å²) in [5.41, 5.74) is -1.81. The summed E-state index contributed by atoms with van der Waals surface area (Å²) >= 11 is 0. The molecule has 0 aromatic rings. The second kappa shape index (κ2) is 15.2. The van der Waals surface area contributed by atoms with Crippen LogP contribution >= 0.6 is 0 Å². The summed E-state index contributed by atoms with van der Waals surface area (Å²) in [6.07, 6.45) is -18.2. The molecule has 0 amide bonds. The van der Waals surface area contributed by atoms with Crippen LogP contribution in [0.1, 0.15) is 34.1 Å². The summed E-state index contributed by atoms with van der Waals surface area (Å²) in [4.78, 5) is 12.0. The molecule has 0 aromatic carbocycles. The first-order chi connectivity index (χ1) is 21.9. The molecule has 270 valence electrons. The summed E-state index contributed by atoms with van der Waals surface area (Å²) in [5.74, 6) is -0.101.